The van der Waals surface area contributed by atoms with Crippen LogP contribution in [0.1, 0.15) is 23.6 Å². The first-order valence-electron chi connectivity index (χ1n) is 11.7. The Balaban J connectivity index is 2.24. The molecule has 1 N–H and O–H groups in total. The molecule has 1 saturated heterocycles. The van der Waals surface area contributed by atoms with Crippen LogP contribution in [-0.4, -0.2) is 89.3 Å². The normalized spacial score (nSPS) is 16.8. The van der Waals surface area contributed by atoms with E-state index < -0.39 is 17.7 Å². The molecule has 1 atom stereocenters. The van der Waals surface area contributed by atoms with Crippen molar-refractivity contribution in [3.63, 3.8) is 0 Å². The Kier molecular flexibility index (Phi) is 8.88. The minimum atomic E-state index is -0.885. The summed E-state index contributed by atoms with van der Waals surface area (Å²) < 4.78 is 27.1. The molecule has 1 aliphatic heterocycles. The molecule has 200 valence electrons. The highest BCUT2D eigenvalue weighted by Crippen LogP contribution is 2.46. The maximum absolute atomic E-state index is 13.4. The number of hydrogen-bond acceptors (Lipinski definition) is 9. The van der Waals surface area contributed by atoms with E-state index in [0.29, 0.717) is 59.4 Å². The van der Waals surface area contributed by atoms with E-state index in [2.05, 4.69) is 0 Å². The van der Waals surface area contributed by atoms with Crippen LogP contribution in [0.2, 0.25) is 0 Å². The Morgan fingerprint density at radius 1 is 0.865 bits per heavy atom. The number of benzene rings is 2. The van der Waals surface area contributed by atoms with Gasteiger partial charge in [-0.15, -0.1) is 0 Å². The molecule has 3 rings (SSSR count). The zero-order chi connectivity index (χ0) is 27.3. The maximum atomic E-state index is 13.4. The average molecular weight is 515 g/mol. The molecule has 0 radical (unpaired) electrons. The monoisotopic (exact) mass is 514 g/mol. The number of nitrogens with zero attached hydrogens (tertiary/aromatic N) is 2. The molecule has 10 heteroatoms. The summed E-state index contributed by atoms with van der Waals surface area (Å²) in [5.41, 5.74) is 0.790. The second-order valence-electron chi connectivity index (χ2n) is 8.68. The van der Waals surface area contributed by atoms with Crippen molar-refractivity contribution in [3.05, 3.63) is 47.0 Å². The molecule has 0 aliphatic carbocycles. The first kappa shape index (κ1) is 27.7. The van der Waals surface area contributed by atoms with Gasteiger partial charge in [-0.25, -0.2) is 0 Å². The molecule has 37 heavy (non-hydrogen) atoms. The number of ketones is 1. The molecule has 2 aromatic rings. The van der Waals surface area contributed by atoms with Crippen LogP contribution in [0.15, 0.2) is 35.9 Å². The number of carbonyl (C=O) groups excluding carboxylic acids is 2. The van der Waals surface area contributed by atoms with Crippen molar-refractivity contribution in [2.75, 3.05) is 62.7 Å². The van der Waals surface area contributed by atoms with E-state index in [1.165, 1.54) is 40.4 Å². The highest BCUT2D eigenvalue weighted by Gasteiger charge is 2.46. The van der Waals surface area contributed by atoms with E-state index in [-0.39, 0.29) is 11.3 Å². The Labute approximate surface area is 216 Å². The molecule has 0 bridgehead atoms. The Morgan fingerprint density at radius 3 is 1.97 bits per heavy atom. The largest absolute Gasteiger partial charge is 0.507 e. The quantitative estimate of drug-likeness (QED) is 0.275. The standard InChI is InChI=1S/C27H34N2O8/c1-28(2)11-8-12-29-23(17-14-20(35-5)26(37-7)21(15-17)36-6)22(25(31)27(29)32)24(30)16-9-10-18(33-3)19(13-16)34-4/h9-10,13-15,23,30H,8,11-12H2,1-7H3/b24-22+/t23-/m1/s1. The predicted molar refractivity (Wildman–Crippen MR) is 138 cm³/mol. The van der Waals surface area contributed by atoms with Crippen molar-refractivity contribution in [3.8, 4) is 28.7 Å². The summed E-state index contributed by atoms with van der Waals surface area (Å²) in [6, 6.07) is 7.25. The Bertz CT molecular complexity index is 1170. The van der Waals surface area contributed by atoms with Gasteiger partial charge < -0.3 is 38.6 Å². The van der Waals surface area contributed by atoms with Crippen molar-refractivity contribution in [2.24, 2.45) is 0 Å². The third-order valence-electron chi connectivity index (χ3n) is 6.20. The highest BCUT2D eigenvalue weighted by atomic mass is 16.5. The number of aliphatic hydroxyl groups is 1. The van der Waals surface area contributed by atoms with Crippen LogP contribution in [0.3, 0.4) is 0 Å². The van der Waals surface area contributed by atoms with Gasteiger partial charge in [0.1, 0.15) is 5.76 Å². The smallest absolute Gasteiger partial charge is 0.295 e. The van der Waals surface area contributed by atoms with Crippen LogP contribution in [0.25, 0.3) is 5.76 Å². The fraction of sp³-hybridized carbons (Fsp3) is 0.407. The summed E-state index contributed by atoms with van der Waals surface area (Å²) in [7, 11) is 11.3. The molecule has 2 aromatic carbocycles. The molecule has 0 unspecified atom stereocenters. The average Bonchev–Trinajstić information content (AvgIpc) is 3.16. The van der Waals surface area contributed by atoms with Crippen LogP contribution in [0.4, 0.5) is 0 Å². The van der Waals surface area contributed by atoms with Crippen molar-refractivity contribution in [2.45, 2.75) is 12.5 Å². The van der Waals surface area contributed by atoms with E-state index in [0.717, 1.165) is 0 Å². The SMILES string of the molecule is COc1ccc(/C(O)=C2\C(=O)C(=O)N(CCCN(C)C)[C@@H]2c2cc(OC)c(OC)c(OC)c2)cc1OC. The lowest BCUT2D eigenvalue weighted by Gasteiger charge is -2.27. The van der Waals surface area contributed by atoms with Gasteiger partial charge in [0.2, 0.25) is 5.75 Å². The number of hydrogen-bond donors (Lipinski definition) is 1. The third kappa shape index (κ3) is 5.43. The lowest BCUT2D eigenvalue weighted by atomic mass is 9.94. The summed E-state index contributed by atoms with van der Waals surface area (Å²) in [6.07, 6.45) is 0.622. The number of likely N-dealkylation sites (tertiary alicyclic amines) is 1. The summed E-state index contributed by atoms with van der Waals surface area (Å²) in [6.45, 7) is 1.01. The van der Waals surface area contributed by atoms with E-state index in [4.69, 9.17) is 23.7 Å². The fourth-order valence-corrected chi connectivity index (χ4v) is 4.41. The van der Waals surface area contributed by atoms with Gasteiger partial charge in [-0.3, -0.25) is 9.59 Å². The number of methoxy groups -OCH3 is 5. The van der Waals surface area contributed by atoms with Gasteiger partial charge in [0, 0.05) is 12.1 Å². The number of carbonyl (C=O) groups is 2. The summed E-state index contributed by atoms with van der Waals surface area (Å²) in [4.78, 5) is 30.1. The van der Waals surface area contributed by atoms with Crippen LogP contribution >= 0.6 is 0 Å². The Hall–Kier alpha value is -3.92. The van der Waals surface area contributed by atoms with E-state index >= 15 is 0 Å². The zero-order valence-corrected chi connectivity index (χ0v) is 22.3. The molecule has 0 aromatic heterocycles. The molecule has 1 aliphatic rings. The summed E-state index contributed by atoms with van der Waals surface area (Å²) in [5.74, 6) is 0.131. The second-order valence-corrected chi connectivity index (χ2v) is 8.68. The fourth-order valence-electron chi connectivity index (χ4n) is 4.41. The van der Waals surface area contributed by atoms with Crippen molar-refractivity contribution in [1.29, 1.82) is 0 Å². The number of rotatable bonds is 11. The van der Waals surface area contributed by atoms with Crippen LogP contribution < -0.4 is 23.7 Å². The van der Waals surface area contributed by atoms with E-state index in [9.17, 15) is 14.7 Å². The number of amides is 1. The van der Waals surface area contributed by atoms with Crippen LogP contribution in [-0.2, 0) is 9.59 Å². The van der Waals surface area contributed by atoms with E-state index in [1.54, 1.807) is 30.3 Å². The first-order valence-corrected chi connectivity index (χ1v) is 11.7. The van der Waals surface area contributed by atoms with Gasteiger partial charge in [0.05, 0.1) is 47.2 Å². The zero-order valence-electron chi connectivity index (χ0n) is 22.3. The lowest BCUT2D eigenvalue weighted by Crippen LogP contribution is -2.32. The van der Waals surface area contributed by atoms with Crippen LogP contribution in [0.5, 0.6) is 28.7 Å². The molecule has 1 fully saturated rings. The van der Waals surface area contributed by atoms with Crippen LogP contribution in [0, 0.1) is 0 Å². The van der Waals surface area contributed by atoms with Gasteiger partial charge in [-0.1, -0.05) is 0 Å². The first-order chi connectivity index (χ1) is 17.7. The minimum Gasteiger partial charge on any atom is -0.507 e. The molecule has 10 nitrogen and oxygen atoms in total. The maximum Gasteiger partial charge on any atom is 0.295 e. The predicted octanol–water partition coefficient (Wildman–Crippen LogP) is 3.10. The molecule has 1 heterocycles. The number of Topliss-reactive ketones (excluding diaryl/α,β-unsaturated/α-hetero) is 1. The third-order valence-corrected chi connectivity index (χ3v) is 6.20. The topological polar surface area (TPSA) is 107 Å². The molecule has 1 amide bonds. The van der Waals surface area contributed by atoms with Crippen molar-refractivity contribution >= 4 is 17.4 Å². The molecule has 0 saturated carbocycles. The van der Waals surface area contributed by atoms with Crippen molar-refractivity contribution < 1.29 is 38.4 Å². The molecular formula is C27H34N2O8. The Morgan fingerprint density at radius 2 is 1.46 bits per heavy atom. The molecular weight excluding hydrogens is 480 g/mol. The van der Waals surface area contributed by atoms with Crippen molar-refractivity contribution in [1.82, 2.24) is 9.80 Å². The second kappa shape index (κ2) is 11.9. The number of ether oxygens (including phenoxy) is 5. The minimum absolute atomic E-state index is 0.0451. The summed E-state index contributed by atoms with van der Waals surface area (Å²) >= 11 is 0. The molecule has 0 spiro atoms. The van der Waals surface area contributed by atoms with Gasteiger partial charge >= 0.3 is 0 Å². The summed E-state index contributed by atoms with van der Waals surface area (Å²) in [5, 5.41) is 11.4. The lowest BCUT2D eigenvalue weighted by molar-refractivity contribution is -0.139. The van der Waals surface area contributed by atoms with Gasteiger partial charge in [-0.05, 0) is 63.0 Å². The van der Waals surface area contributed by atoms with Gasteiger partial charge in [-0.2, -0.15) is 0 Å². The van der Waals surface area contributed by atoms with Gasteiger partial charge in [0.25, 0.3) is 11.7 Å². The van der Waals surface area contributed by atoms with E-state index in [1.807, 2.05) is 19.0 Å². The highest BCUT2D eigenvalue weighted by molar-refractivity contribution is 6.46. The number of aliphatic hydroxyl groups excluding tert-OH is 1. The van der Waals surface area contributed by atoms with Gasteiger partial charge in [0.15, 0.2) is 23.0 Å².